The lowest BCUT2D eigenvalue weighted by Crippen LogP contribution is -2.39. The first-order chi connectivity index (χ1) is 11.8. The molecule has 1 aromatic carbocycles. The lowest BCUT2D eigenvalue weighted by Gasteiger charge is -2.30. The summed E-state index contributed by atoms with van der Waals surface area (Å²) >= 11 is 5.76. The van der Waals surface area contributed by atoms with E-state index in [0.29, 0.717) is 24.6 Å². The van der Waals surface area contributed by atoms with Gasteiger partial charge >= 0.3 is 0 Å². The first kappa shape index (κ1) is 17.8. The molecule has 2 aromatic rings. The van der Waals surface area contributed by atoms with E-state index < -0.39 is 20.6 Å². The molecule has 0 radical (unpaired) electrons. The van der Waals surface area contributed by atoms with Crippen LogP contribution in [-0.2, 0) is 10.0 Å². The Morgan fingerprint density at radius 2 is 2.20 bits per heavy atom. The van der Waals surface area contributed by atoms with Gasteiger partial charge in [-0.15, -0.1) is 0 Å². The van der Waals surface area contributed by atoms with Crippen molar-refractivity contribution in [2.45, 2.75) is 30.6 Å². The SMILES string of the molecule is Cc1noc(C2CCCN(S(=O)(=O)c3ccc(Cl)cc3[N+](=O)[O-])C2)n1. The number of halogens is 1. The zero-order chi connectivity index (χ0) is 18.2. The van der Waals surface area contributed by atoms with Crippen LogP contribution in [0.4, 0.5) is 5.69 Å². The minimum absolute atomic E-state index is 0.100. The van der Waals surface area contributed by atoms with E-state index in [0.717, 1.165) is 12.1 Å². The maximum atomic E-state index is 12.9. The molecule has 25 heavy (non-hydrogen) atoms. The van der Waals surface area contributed by atoms with Crippen molar-refractivity contribution < 1.29 is 17.9 Å². The van der Waals surface area contributed by atoms with Crippen molar-refractivity contribution in [1.82, 2.24) is 14.4 Å². The Labute approximate surface area is 148 Å². The largest absolute Gasteiger partial charge is 0.339 e. The van der Waals surface area contributed by atoms with E-state index in [9.17, 15) is 18.5 Å². The molecule has 1 saturated heterocycles. The number of sulfonamides is 1. The normalized spacial score (nSPS) is 19.0. The minimum Gasteiger partial charge on any atom is -0.339 e. The van der Waals surface area contributed by atoms with E-state index in [1.165, 1.54) is 10.4 Å². The fourth-order valence-electron chi connectivity index (χ4n) is 2.83. The highest BCUT2D eigenvalue weighted by atomic mass is 35.5. The molecule has 1 unspecified atom stereocenters. The van der Waals surface area contributed by atoms with E-state index in [-0.39, 0.29) is 28.9 Å². The van der Waals surface area contributed by atoms with Crippen LogP contribution in [0.1, 0.15) is 30.5 Å². The van der Waals surface area contributed by atoms with Gasteiger partial charge in [-0.2, -0.15) is 9.29 Å². The molecule has 0 bridgehead atoms. The van der Waals surface area contributed by atoms with E-state index in [1.54, 1.807) is 6.92 Å². The standard InChI is InChI=1S/C14H15ClN4O5S/c1-9-16-14(24-17-9)10-3-2-6-18(8-10)25(22,23)13-5-4-11(15)7-12(13)19(20)21/h4-5,7,10H,2-3,6,8H2,1H3. The number of hydrogen-bond donors (Lipinski definition) is 0. The third kappa shape index (κ3) is 3.51. The lowest BCUT2D eigenvalue weighted by atomic mass is 10.00. The molecule has 1 aliphatic heterocycles. The van der Waals surface area contributed by atoms with Crippen molar-refractivity contribution in [3.8, 4) is 0 Å². The molecular weight excluding hydrogens is 372 g/mol. The van der Waals surface area contributed by atoms with Crippen LogP contribution in [0.2, 0.25) is 5.02 Å². The summed E-state index contributed by atoms with van der Waals surface area (Å²) in [5, 5.41) is 15.0. The van der Waals surface area contributed by atoms with Crippen LogP contribution in [0.15, 0.2) is 27.6 Å². The van der Waals surface area contributed by atoms with Crippen molar-refractivity contribution in [1.29, 1.82) is 0 Å². The third-order valence-corrected chi connectivity index (χ3v) is 6.16. The Morgan fingerprint density at radius 3 is 2.84 bits per heavy atom. The minimum atomic E-state index is -4.05. The number of benzene rings is 1. The summed E-state index contributed by atoms with van der Waals surface area (Å²) in [7, 11) is -4.05. The monoisotopic (exact) mass is 386 g/mol. The zero-order valence-electron chi connectivity index (χ0n) is 13.3. The molecule has 1 aromatic heterocycles. The number of aryl methyl sites for hydroxylation is 1. The van der Waals surface area contributed by atoms with Gasteiger partial charge in [0, 0.05) is 24.2 Å². The van der Waals surface area contributed by atoms with Gasteiger partial charge in [-0.05, 0) is 31.9 Å². The van der Waals surface area contributed by atoms with Crippen molar-refractivity contribution >= 4 is 27.3 Å². The molecule has 2 heterocycles. The van der Waals surface area contributed by atoms with Crippen molar-refractivity contribution in [2.24, 2.45) is 0 Å². The molecule has 9 nitrogen and oxygen atoms in total. The molecule has 1 fully saturated rings. The molecule has 0 aliphatic carbocycles. The topological polar surface area (TPSA) is 119 Å². The van der Waals surface area contributed by atoms with Crippen molar-refractivity contribution in [2.75, 3.05) is 13.1 Å². The van der Waals surface area contributed by atoms with Gasteiger partial charge in [-0.3, -0.25) is 10.1 Å². The molecule has 0 spiro atoms. The van der Waals surface area contributed by atoms with Crippen LogP contribution in [0, 0.1) is 17.0 Å². The van der Waals surface area contributed by atoms with Crippen molar-refractivity contribution in [3.63, 3.8) is 0 Å². The van der Waals surface area contributed by atoms with Gasteiger partial charge < -0.3 is 4.52 Å². The molecule has 3 rings (SSSR count). The highest BCUT2D eigenvalue weighted by molar-refractivity contribution is 7.89. The predicted octanol–water partition coefficient (Wildman–Crippen LogP) is 2.51. The van der Waals surface area contributed by atoms with Crippen LogP contribution in [0.5, 0.6) is 0 Å². The Morgan fingerprint density at radius 1 is 1.44 bits per heavy atom. The lowest BCUT2D eigenvalue weighted by molar-refractivity contribution is -0.387. The quantitative estimate of drug-likeness (QED) is 0.584. The molecule has 0 N–H and O–H groups in total. The Bertz CT molecular complexity index is 914. The van der Waals surface area contributed by atoms with Gasteiger partial charge in [-0.25, -0.2) is 8.42 Å². The predicted molar refractivity (Wildman–Crippen MR) is 87.9 cm³/mol. The summed E-state index contributed by atoms with van der Waals surface area (Å²) in [5.41, 5.74) is -0.539. The maximum absolute atomic E-state index is 12.9. The fourth-order valence-corrected chi connectivity index (χ4v) is 4.66. The summed E-state index contributed by atoms with van der Waals surface area (Å²) in [4.78, 5) is 14.3. The molecule has 11 heteroatoms. The first-order valence-electron chi connectivity index (χ1n) is 7.53. The average Bonchev–Trinajstić information content (AvgIpc) is 3.01. The first-order valence-corrected chi connectivity index (χ1v) is 9.35. The second-order valence-electron chi connectivity index (χ2n) is 5.75. The Hall–Kier alpha value is -2.04. The van der Waals surface area contributed by atoms with E-state index in [4.69, 9.17) is 16.1 Å². The van der Waals surface area contributed by atoms with Gasteiger partial charge in [-0.1, -0.05) is 16.8 Å². The molecule has 1 atom stereocenters. The van der Waals surface area contributed by atoms with Gasteiger partial charge in [0.15, 0.2) is 10.7 Å². The van der Waals surface area contributed by atoms with E-state index in [1.807, 2.05) is 0 Å². The molecule has 0 saturated carbocycles. The zero-order valence-corrected chi connectivity index (χ0v) is 14.8. The third-order valence-electron chi connectivity index (χ3n) is 4.01. The van der Waals surface area contributed by atoms with Crippen LogP contribution in [0.25, 0.3) is 0 Å². The van der Waals surface area contributed by atoms with E-state index >= 15 is 0 Å². The summed E-state index contributed by atoms with van der Waals surface area (Å²) in [6.45, 7) is 2.08. The van der Waals surface area contributed by atoms with Crippen LogP contribution in [0.3, 0.4) is 0 Å². The number of nitro benzene ring substituents is 1. The Balaban J connectivity index is 1.93. The summed E-state index contributed by atoms with van der Waals surface area (Å²) in [5.74, 6) is 0.613. The summed E-state index contributed by atoms with van der Waals surface area (Å²) in [6, 6.07) is 3.53. The maximum Gasteiger partial charge on any atom is 0.290 e. The van der Waals surface area contributed by atoms with Gasteiger partial charge in [0.25, 0.3) is 5.69 Å². The Kier molecular flexibility index (Phi) is 4.76. The highest BCUT2D eigenvalue weighted by Gasteiger charge is 2.36. The van der Waals surface area contributed by atoms with Gasteiger partial charge in [0.1, 0.15) is 0 Å². The molecule has 134 valence electrons. The summed E-state index contributed by atoms with van der Waals surface area (Å²) in [6.07, 6.45) is 1.29. The highest BCUT2D eigenvalue weighted by Crippen LogP contribution is 2.33. The molecular formula is C14H15ClN4O5S. The number of rotatable bonds is 4. The number of nitro groups is 1. The van der Waals surface area contributed by atoms with Gasteiger partial charge in [0.2, 0.25) is 15.9 Å². The number of nitrogens with zero attached hydrogens (tertiary/aromatic N) is 4. The van der Waals surface area contributed by atoms with Crippen LogP contribution < -0.4 is 0 Å². The van der Waals surface area contributed by atoms with Crippen LogP contribution >= 0.6 is 11.6 Å². The fraction of sp³-hybridized carbons (Fsp3) is 0.429. The molecule has 1 aliphatic rings. The van der Waals surface area contributed by atoms with E-state index in [2.05, 4.69) is 10.1 Å². The average molecular weight is 387 g/mol. The second kappa shape index (κ2) is 6.70. The van der Waals surface area contributed by atoms with Crippen molar-refractivity contribution in [3.05, 3.63) is 45.1 Å². The summed E-state index contributed by atoms with van der Waals surface area (Å²) < 4.78 is 32.2. The number of hydrogen-bond acceptors (Lipinski definition) is 7. The smallest absolute Gasteiger partial charge is 0.290 e. The molecule has 0 amide bonds. The van der Waals surface area contributed by atoms with Gasteiger partial charge in [0.05, 0.1) is 10.8 Å². The number of aromatic nitrogens is 2. The van der Waals surface area contributed by atoms with Crippen LogP contribution in [-0.4, -0.2) is 40.9 Å². The number of piperidine rings is 1. The second-order valence-corrected chi connectivity index (χ2v) is 8.09.